The lowest BCUT2D eigenvalue weighted by Gasteiger charge is -1.99. The minimum Gasteiger partial charge on any atom is -0.441 e. The highest BCUT2D eigenvalue weighted by atomic mass is 16.4. The van der Waals surface area contributed by atoms with E-state index in [0.717, 1.165) is 43.0 Å². The van der Waals surface area contributed by atoms with Crippen LogP contribution in [0.4, 0.5) is 0 Å². The molecule has 0 saturated carbocycles. The number of nitrogens with zero attached hydrogens (tertiary/aromatic N) is 1. The van der Waals surface area contributed by atoms with E-state index in [4.69, 9.17) is 4.42 Å². The Morgan fingerprint density at radius 3 is 2.67 bits per heavy atom. The summed E-state index contributed by atoms with van der Waals surface area (Å²) >= 11 is 0. The van der Waals surface area contributed by atoms with Gasteiger partial charge in [-0.2, -0.15) is 0 Å². The summed E-state index contributed by atoms with van der Waals surface area (Å²) in [5, 5.41) is 3.12. The molecule has 0 radical (unpaired) electrons. The van der Waals surface area contributed by atoms with Gasteiger partial charge in [0.15, 0.2) is 11.7 Å². The molecule has 1 aromatic carbocycles. The van der Waals surface area contributed by atoms with Crippen LogP contribution in [-0.2, 0) is 12.8 Å². The van der Waals surface area contributed by atoms with Crippen molar-refractivity contribution in [3.8, 4) is 11.3 Å². The van der Waals surface area contributed by atoms with Crippen LogP contribution in [0.2, 0.25) is 0 Å². The quantitative estimate of drug-likeness (QED) is 0.794. The van der Waals surface area contributed by atoms with Crippen LogP contribution in [0.5, 0.6) is 0 Å². The topological polar surface area (TPSA) is 38.1 Å². The Kier molecular flexibility index (Phi) is 4.53. The van der Waals surface area contributed by atoms with Crippen LogP contribution in [0.15, 0.2) is 34.9 Å². The second-order valence-corrected chi connectivity index (χ2v) is 4.38. The lowest BCUT2D eigenvalue weighted by molar-refractivity contribution is 0.495. The predicted molar refractivity (Wildman–Crippen MR) is 73.6 cm³/mol. The van der Waals surface area contributed by atoms with Crippen molar-refractivity contribution >= 4 is 0 Å². The van der Waals surface area contributed by atoms with Crippen molar-refractivity contribution in [2.45, 2.75) is 26.2 Å². The van der Waals surface area contributed by atoms with Gasteiger partial charge in [0.1, 0.15) is 0 Å². The fourth-order valence-electron chi connectivity index (χ4n) is 1.88. The summed E-state index contributed by atoms with van der Waals surface area (Å²) in [5.41, 5.74) is 2.44. The molecular weight excluding hydrogens is 224 g/mol. The van der Waals surface area contributed by atoms with E-state index in [1.807, 2.05) is 13.2 Å². The monoisotopic (exact) mass is 244 g/mol. The van der Waals surface area contributed by atoms with E-state index in [0.29, 0.717) is 0 Å². The van der Waals surface area contributed by atoms with Crippen LogP contribution in [0.1, 0.15) is 24.8 Å². The first-order valence-corrected chi connectivity index (χ1v) is 6.52. The normalized spacial score (nSPS) is 10.8. The molecule has 3 heteroatoms. The van der Waals surface area contributed by atoms with Crippen molar-refractivity contribution in [1.82, 2.24) is 10.3 Å². The molecule has 0 aliphatic carbocycles. The number of rotatable bonds is 6. The maximum atomic E-state index is 5.75. The molecule has 0 aliphatic rings. The van der Waals surface area contributed by atoms with Gasteiger partial charge in [-0.05, 0) is 32.0 Å². The van der Waals surface area contributed by atoms with Crippen molar-refractivity contribution in [2.75, 3.05) is 13.6 Å². The molecule has 0 unspecified atom stereocenters. The molecule has 1 N–H and O–H groups in total. The second kappa shape index (κ2) is 6.36. The molecule has 0 amide bonds. The Hall–Kier alpha value is -1.61. The Bertz CT molecular complexity index is 473. The Balaban J connectivity index is 2.04. The Morgan fingerprint density at radius 1 is 1.22 bits per heavy atom. The third kappa shape index (κ3) is 3.20. The van der Waals surface area contributed by atoms with E-state index >= 15 is 0 Å². The van der Waals surface area contributed by atoms with E-state index in [1.54, 1.807) is 0 Å². The van der Waals surface area contributed by atoms with Crippen LogP contribution >= 0.6 is 0 Å². The fourth-order valence-corrected chi connectivity index (χ4v) is 1.88. The van der Waals surface area contributed by atoms with Crippen LogP contribution in [0.25, 0.3) is 11.3 Å². The third-order valence-electron chi connectivity index (χ3n) is 3.02. The number of hydrogen-bond acceptors (Lipinski definition) is 3. The predicted octanol–water partition coefficient (Wildman–Crippen LogP) is 3.06. The average Bonchev–Trinajstić information content (AvgIpc) is 2.88. The van der Waals surface area contributed by atoms with Crippen molar-refractivity contribution in [2.24, 2.45) is 0 Å². The second-order valence-electron chi connectivity index (χ2n) is 4.38. The Morgan fingerprint density at radius 2 is 2.00 bits per heavy atom. The minimum atomic E-state index is 0.819. The summed E-state index contributed by atoms with van der Waals surface area (Å²) in [6, 6.07) is 8.46. The fraction of sp³-hybridized carbons (Fsp3) is 0.400. The standard InChI is InChI=1S/C15H20N2O/c1-3-12-6-8-13(9-7-12)14-11-17-15(18-14)5-4-10-16-2/h6-9,11,16H,3-5,10H2,1-2H3. The molecule has 2 aromatic rings. The summed E-state index contributed by atoms with van der Waals surface area (Å²) in [5.74, 6) is 1.68. The highest BCUT2D eigenvalue weighted by molar-refractivity contribution is 5.56. The smallest absolute Gasteiger partial charge is 0.194 e. The molecule has 1 heterocycles. The molecule has 0 atom stereocenters. The lowest BCUT2D eigenvalue weighted by atomic mass is 10.1. The summed E-state index contributed by atoms with van der Waals surface area (Å²) in [7, 11) is 1.95. The lowest BCUT2D eigenvalue weighted by Crippen LogP contribution is -2.08. The van der Waals surface area contributed by atoms with Gasteiger partial charge in [0, 0.05) is 12.0 Å². The van der Waals surface area contributed by atoms with E-state index < -0.39 is 0 Å². The number of benzene rings is 1. The number of hydrogen-bond donors (Lipinski definition) is 1. The molecule has 0 saturated heterocycles. The van der Waals surface area contributed by atoms with Gasteiger partial charge >= 0.3 is 0 Å². The summed E-state index contributed by atoms with van der Waals surface area (Å²) in [6.45, 7) is 3.15. The largest absolute Gasteiger partial charge is 0.441 e. The van der Waals surface area contributed by atoms with Gasteiger partial charge in [-0.3, -0.25) is 0 Å². The molecule has 96 valence electrons. The van der Waals surface area contributed by atoms with E-state index in [1.165, 1.54) is 5.56 Å². The minimum absolute atomic E-state index is 0.819. The van der Waals surface area contributed by atoms with E-state index in [2.05, 4.69) is 41.5 Å². The van der Waals surface area contributed by atoms with Gasteiger partial charge in [0.05, 0.1) is 6.20 Å². The number of oxazole rings is 1. The molecule has 18 heavy (non-hydrogen) atoms. The van der Waals surface area contributed by atoms with Crippen molar-refractivity contribution in [3.05, 3.63) is 41.9 Å². The van der Waals surface area contributed by atoms with Crippen LogP contribution in [0, 0.1) is 0 Å². The summed E-state index contributed by atoms with van der Waals surface area (Å²) in [6.07, 6.45) is 4.81. The maximum Gasteiger partial charge on any atom is 0.194 e. The van der Waals surface area contributed by atoms with Gasteiger partial charge < -0.3 is 9.73 Å². The highest BCUT2D eigenvalue weighted by Gasteiger charge is 2.05. The third-order valence-corrected chi connectivity index (χ3v) is 3.02. The number of aryl methyl sites for hydroxylation is 2. The first-order valence-electron chi connectivity index (χ1n) is 6.52. The van der Waals surface area contributed by atoms with Crippen LogP contribution in [-0.4, -0.2) is 18.6 Å². The molecular formula is C15H20N2O. The number of nitrogens with one attached hydrogen (secondary N) is 1. The molecule has 0 spiro atoms. The maximum absolute atomic E-state index is 5.75. The first kappa shape index (κ1) is 12.8. The van der Waals surface area contributed by atoms with Gasteiger partial charge in [0.25, 0.3) is 0 Å². The molecule has 1 aromatic heterocycles. The van der Waals surface area contributed by atoms with Gasteiger partial charge in [-0.25, -0.2) is 4.98 Å². The van der Waals surface area contributed by atoms with Crippen molar-refractivity contribution in [3.63, 3.8) is 0 Å². The summed E-state index contributed by atoms with van der Waals surface area (Å²) < 4.78 is 5.75. The molecule has 0 fully saturated rings. The molecule has 0 bridgehead atoms. The molecule has 3 nitrogen and oxygen atoms in total. The molecule has 0 aliphatic heterocycles. The van der Waals surface area contributed by atoms with Crippen molar-refractivity contribution < 1.29 is 4.42 Å². The molecule has 2 rings (SSSR count). The van der Waals surface area contributed by atoms with Crippen LogP contribution in [0.3, 0.4) is 0 Å². The Labute approximate surface area is 108 Å². The highest BCUT2D eigenvalue weighted by Crippen LogP contribution is 2.21. The van der Waals surface area contributed by atoms with Gasteiger partial charge in [0.2, 0.25) is 0 Å². The van der Waals surface area contributed by atoms with Crippen molar-refractivity contribution in [1.29, 1.82) is 0 Å². The van der Waals surface area contributed by atoms with Gasteiger partial charge in [-0.15, -0.1) is 0 Å². The van der Waals surface area contributed by atoms with Gasteiger partial charge in [-0.1, -0.05) is 31.2 Å². The van der Waals surface area contributed by atoms with E-state index in [-0.39, 0.29) is 0 Å². The zero-order chi connectivity index (χ0) is 12.8. The summed E-state index contributed by atoms with van der Waals surface area (Å²) in [4.78, 5) is 4.31. The van der Waals surface area contributed by atoms with Crippen LogP contribution < -0.4 is 5.32 Å². The van der Waals surface area contributed by atoms with E-state index in [9.17, 15) is 0 Å². The zero-order valence-electron chi connectivity index (χ0n) is 11.1. The zero-order valence-corrected chi connectivity index (χ0v) is 11.1. The number of aromatic nitrogens is 1. The average molecular weight is 244 g/mol. The first-order chi connectivity index (χ1) is 8.83. The SMILES string of the molecule is CCc1ccc(-c2cnc(CCCNC)o2)cc1.